The molecule has 0 saturated carbocycles. The lowest BCUT2D eigenvalue weighted by Crippen LogP contribution is -2.52. The van der Waals surface area contributed by atoms with Crippen LogP contribution >= 0.6 is 0 Å². The third-order valence-corrected chi connectivity index (χ3v) is 6.34. The monoisotopic (exact) mass is 428 g/mol. The van der Waals surface area contributed by atoms with Crippen molar-refractivity contribution in [3.8, 4) is 0 Å². The van der Waals surface area contributed by atoms with Gasteiger partial charge in [-0.1, -0.05) is 6.07 Å². The molecule has 10 heteroatoms. The highest BCUT2D eigenvalue weighted by Gasteiger charge is 2.30. The highest BCUT2D eigenvalue weighted by atomic mass is 32.2. The molecule has 0 bridgehead atoms. The summed E-state index contributed by atoms with van der Waals surface area (Å²) < 4.78 is 39.9. The summed E-state index contributed by atoms with van der Waals surface area (Å²) in [5.74, 6) is -1.05. The van der Waals surface area contributed by atoms with Crippen LogP contribution in [0.2, 0.25) is 0 Å². The molecule has 1 heterocycles. The molecule has 0 aliphatic carbocycles. The van der Waals surface area contributed by atoms with E-state index >= 15 is 0 Å². The molecule has 0 radical (unpaired) electrons. The molecule has 0 atom stereocenters. The minimum absolute atomic E-state index is 0.0377. The number of rotatable bonds is 6. The summed E-state index contributed by atoms with van der Waals surface area (Å²) in [5, 5.41) is 2.80. The fraction of sp³-hybridized carbons (Fsp3) is 0.579. The standard InChI is InChI=1S/C19H29FN4O4S/c1-19(2,3)21-17(25)13-22(4)18(26)14-23-8-10-24(11-9-23)29(27,28)16-7-5-6-15(20)12-16/h5-7,12H,8-11,13-14H2,1-4H3,(H,21,25). The largest absolute Gasteiger partial charge is 0.350 e. The van der Waals surface area contributed by atoms with Crippen molar-refractivity contribution in [3.63, 3.8) is 0 Å². The fourth-order valence-corrected chi connectivity index (χ4v) is 4.43. The summed E-state index contributed by atoms with van der Waals surface area (Å²) in [6, 6.07) is 4.93. The first-order chi connectivity index (χ1) is 13.4. The van der Waals surface area contributed by atoms with Gasteiger partial charge in [-0.25, -0.2) is 12.8 Å². The lowest BCUT2D eigenvalue weighted by atomic mass is 10.1. The van der Waals surface area contributed by atoms with Crippen LogP contribution in [0.5, 0.6) is 0 Å². The Hall–Kier alpha value is -2.04. The second-order valence-electron chi connectivity index (χ2n) is 8.19. The molecule has 0 unspecified atom stereocenters. The van der Waals surface area contributed by atoms with Gasteiger partial charge in [0, 0.05) is 38.8 Å². The molecule has 1 saturated heterocycles. The Labute approximate surface area is 171 Å². The van der Waals surface area contributed by atoms with Crippen molar-refractivity contribution >= 4 is 21.8 Å². The van der Waals surface area contributed by atoms with Crippen LogP contribution in [0.25, 0.3) is 0 Å². The van der Waals surface area contributed by atoms with Crippen molar-refractivity contribution in [1.29, 1.82) is 0 Å². The fourth-order valence-electron chi connectivity index (χ4n) is 2.98. The molecule has 1 fully saturated rings. The number of likely N-dealkylation sites (N-methyl/N-ethyl adjacent to an activating group) is 1. The van der Waals surface area contributed by atoms with Gasteiger partial charge >= 0.3 is 0 Å². The van der Waals surface area contributed by atoms with Gasteiger partial charge in [-0.2, -0.15) is 4.31 Å². The predicted molar refractivity (Wildman–Crippen MR) is 107 cm³/mol. The van der Waals surface area contributed by atoms with E-state index < -0.39 is 15.8 Å². The van der Waals surface area contributed by atoms with E-state index in [1.165, 1.54) is 27.4 Å². The van der Waals surface area contributed by atoms with Crippen molar-refractivity contribution in [2.75, 3.05) is 46.3 Å². The summed E-state index contributed by atoms with van der Waals surface area (Å²) in [4.78, 5) is 27.5. The normalized spacial score (nSPS) is 16.4. The highest BCUT2D eigenvalue weighted by Crippen LogP contribution is 2.18. The van der Waals surface area contributed by atoms with Gasteiger partial charge in [0.2, 0.25) is 21.8 Å². The Morgan fingerprint density at radius 2 is 1.79 bits per heavy atom. The van der Waals surface area contributed by atoms with E-state index in [4.69, 9.17) is 0 Å². The van der Waals surface area contributed by atoms with E-state index in [0.29, 0.717) is 13.1 Å². The van der Waals surface area contributed by atoms with Crippen molar-refractivity contribution < 1.29 is 22.4 Å². The Bertz CT molecular complexity index is 846. The molecule has 1 aliphatic rings. The lowest BCUT2D eigenvalue weighted by molar-refractivity contribution is -0.136. The number of halogens is 1. The minimum Gasteiger partial charge on any atom is -0.350 e. The van der Waals surface area contributed by atoms with Crippen LogP contribution < -0.4 is 5.32 Å². The maximum atomic E-state index is 13.4. The molecule has 8 nitrogen and oxygen atoms in total. The topological polar surface area (TPSA) is 90.0 Å². The number of benzene rings is 1. The number of sulfonamides is 1. The lowest BCUT2D eigenvalue weighted by Gasteiger charge is -2.34. The number of amides is 2. The SMILES string of the molecule is CN(CC(=O)NC(C)(C)C)C(=O)CN1CCN(S(=O)(=O)c2cccc(F)c2)CC1. The second kappa shape index (κ2) is 9.19. The first kappa shape index (κ1) is 23.2. The van der Waals surface area contributed by atoms with E-state index in [1.807, 2.05) is 25.7 Å². The number of piperazine rings is 1. The number of carbonyl (C=O) groups is 2. The summed E-state index contributed by atoms with van der Waals surface area (Å²) in [6.07, 6.45) is 0. The number of hydrogen-bond donors (Lipinski definition) is 1. The summed E-state index contributed by atoms with van der Waals surface area (Å²) in [7, 11) is -2.20. The van der Waals surface area contributed by atoms with Gasteiger partial charge < -0.3 is 10.2 Å². The Kier molecular flexibility index (Phi) is 7.36. The number of carbonyl (C=O) groups excluding carboxylic acids is 2. The van der Waals surface area contributed by atoms with E-state index in [1.54, 1.807) is 7.05 Å². The smallest absolute Gasteiger partial charge is 0.243 e. The number of nitrogens with zero attached hydrogens (tertiary/aromatic N) is 3. The molecule has 29 heavy (non-hydrogen) atoms. The second-order valence-corrected chi connectivity index (χ2v) is 10.1. The van der Waals surface area contributed by atoms with Crippen LogP contribution in [0, 0.1) is 5.82 Å². The third-order valence-electron chi connectivity index (χ3n) is 4.44. The molecular weight excluding hydrogens is 399 g/mol. The molecule has 2 rings (SSSR count). The summed E-state index contributed by atoms with van der Waals surface area (Å²) >= 11 is 0. The molecule has 1 aromatic carbocycles. The van der Waals surface area contributed by atoms with E-state index in [9.17, 15) is 22.4 Å². The van der Waals surface area contributed by atoms with Gasteiger partial charge in [0.1, 0.15) is 5.82 Å². The van der Waals surface area contributed by atoms with Crippen LogP contribution in [0.15, 0.2) is 29.2 Å². The Balaban J connectivity index is 1.86. The first-order valence-corrected chi connectivity index (χ1v) is 10.9. The zero-order valence-corrected chi connectivity index (χ0v) is 18.1. The zero-order valence-electron chi connectivity index (χ0n) is 17.3. The van der Waals surface area contributed by atoms with Gasteiger partial charge in [-0.15, -0.1) is 0 Å². The maximum absolute atomic E-state index is 13.4. The van der Waals surface area contributed by atoms with Gasteiger partial charge in [0.05, 0.1) is 18.0 Å². The Morgan fingerprint density at radius 3 is 2.34 bits per heavy atom. The van der Waals surface area contributed by atoms with Crippen molar-refractivity contribution in [2.24, 2.45) is 0 Å². The zero-order chi connectivity index (χ0) is 21.8. The molecule has 2 amide bonds. The first-order valence-electron chi connectivity index (χ1n) is 9.41. The van der Waals surface area contributed by atoms with Crippen molar-refractivity contribution in [3.05, 3.63) is 30.1 Å². The van der Waals surface area contributed by atoms with Crippen LogP contribution in [-0.4, -0.2) is 86.2 Å². The third kappa shape index (κ3) is 6.76. The molecule has 1 N–H and O–H groups in total. The average molecular weight is 429 g/mol. The molecular formula is C19H29FN4O4S. The van der Waals surface area contributed by atoms with Crippen LogP contribution in [0.1, 0.15) is 20.8 Å². The summed E-state index contributed by atoms with van der Waals surface area (Å²) in [5.41, 5.74) is -0.371. The van der Waals surface area contributed by atoms with Crippen LogP contribution in [-0.2, 0) is 19.6 Å². The predicted octanol–water partition coefficient (Wildman–Crippen LogP) is 0.505. The average Bonchev–Trinajstić information content (AvgIpc) is 2.60. The van der Waals surface area contributed by atoms with Crippen molar-refractivity contribution in [1.82, 2.24) is 19.4 Å². The minimum atomic E-state index is -3.77. The highest BCUT2D eigenvalue weighted by molar-refractivity contribution is 7.89. The number of nitrogens with one attached hydrogen (secondary N) is 1. The number of hydrogen-bond acceptors (Lipinski definition) is 5. The quantitative estimate of drug-likeness (QED) is 0.713. The van der Waals surface area contributed by atoms with Crippen LogP contribution in [0.3, 0.4) is 0 Å². The van der Waals surface area contributed by atoms with Crippen molar-refractivity contribution in [2.45, 2.75) is 31.2 Å². The molecule has 1 aliphatic heterocycles. The van der Waals surface area contributed by atoms with Gasteiger partial charge in [0.25, 0.3) is 0 Å². The molecule has 1 aromatic rings. The summed E-state index contributed by atoms with van der Waals surface area (Å²) in [6.45, 7) is 6.83. The van der Waals surface area contributed by atoms with E-state index in [0.717, 1.165) is 6.07 Å². The van der Waals surface area contributed by atoms with Crippen LogP contribution in [0.4, 0.5) is 4.39 Å². The van der Waals surface area contributed by atoms with Gasteiger partial charge in [-0.3, -0.25) is 14.5 Å². The van der Waals surface area contributed by atoms with E-state index in [2.05, 4.69) is 5.32 Å². The Morgan fingerprint density at radius 1 is 1.17 bits per heavy atom. The van der Waals surface area contributed by atoms with Gasteiger partial charge in [0.15, 0.2) is 0 Å². The maximum Gasteiger partial charge on any atom is 0.243 e. The molecule has 162 valence electrons. The van der Waals surface area contributed by atoms with Gasteiger partial charge in [-0.05, 0) is 39.0 Å². The van der Waals surface area contributed by atoms with E-state index in [-0.39, 0.29) is 48.4 Å². The molecule has 0 spiro atoms. The molecule has 0 aromatic heterocycles.